The molecule has 1 heterocycles. The van der Waals surface area contributed by atoms with Crippen LogP contribution in [0.15, 0.2) is 0 Å². The summed E-state index contributed by atoms with van der Waals surface area (Å²) in [6.07, 6.45) is 0. The number of hydrogen-bond donors (Lipinski definition) is 2. The van der Waals surface area contributed by atoms with Gasteiger partial charge in [0.2, 0.25) is 0 Å². The second-order valence-electron chi connectivity index (χ2n) is 2.58. The zero-order chi connectivity index (χ0) is 9.56. The number of nitrogens with zero attached hydrogens (tertiary/aromatic N) is 1. The Morgan fingerprint density at radius 1 is 1.58 bits per heavy atom. The number of hydrogen-bond acceptors (Lipinski definition) is 2. The summed E-state index contributed by atoms with van der Waals surface area (Å²) >= 11 is 0. The van der Waals surface area contributed by atoms with Crippen LogP contribution in [0.1, 0.15) is 20.8 Å². The highest BCUT2D eigenvalue weighted by Gasteiger charge is 2.19. The van der Waals surface area contributed by atoms with Gasteiger partial charge in [-0.25, -0.2) is 4.79 Å². The summed E-state index contributed by atoms with van der Waals surface area (Å²) in [6.45, 7) is 8.42. The van der Waals surface area contributed by atoms with E-state index in [0.717, 1.165) is 19.6 Å². The number of nitrogens with one attached hydrogen (secondary N) is 1. The Kier molecular flexibility index (Phi) is 5.45. The first-order chi connectivity index (χ1) is 5.72. The van der Waals surface area contributed by atoms with Crippen molar-refractivity contribution in [1.29, 1.82) is 0 Å². The monoisotopic (exact) mass is 173 g/mol. The van der Waals surface area contributed by atoms with Crippen LogP contribution in [-0.4, -0.2) is 36.6 Å². The molecule has 1 rings (SSSR count). The fraction of sp³-hybridized carbons (Fsp3) is 0.875. The number of amides is 2. The molecule has 0 bridgehead atoms. The van der Waals surface area contributed by atoms with E-state index in [1.54, 1.807) is 4.90 Å². The molecular formula is C8H19N3O. The third-order valence-corrected chi connectivity index (χ3v) is 1.78. The first kappa shape index (κ1) is 11.2. The molecule has 1 atom stereocenters. The summed E-state index contributed by atoms with van der Waals surface area (Å²) in [5.41, 5.74) is 5.12. The van der Waals surface area contributed by atoms with E-state index in [1.807, 2.05) is 20.8 Å². The Morgan fingerprint density at radius 2 is 2.17 bits per heavy atom. The predicted octanol–water partition coefficient (Wildman–Crippen LogP) is 0.385. The number of nitrogens with two attached hydrogens (primary N) is 1. The number of primary amides is 1. The third kappa shape index (κ3) is 3.09. The maximum atomic E-state index is 10.7. The Labute approximate surface area is 74.1 Å². The molecule has 0 saturated carbocycles. The number of piperazine rings is 1. The van der Waals surface area contributed by atoms with E-state index in [2.05, 4.69) is 5.32 Å². The number of carbonyl (C=O) groups is 1. The molecule has 0 aromatic carbocycles. The van der Waals surface area contributed by atoms with E-state index >= 15 is 0 Å². The lowest BCUT2D eigenvalue weighted by atomic mass is 10.2. The lowest BCUT2D eigenvalue weighted by Crippen LogP contribution is -2.53. The van der Waals surface area contributed by atoms with Gasteiger partial charge in [0.05, 0.1) is 0 Å². The van der Waals surface area contributed by atoms with Crippen molar-refractivity contribution in [3.63, 3.8) is 0 Å². The summed E-state index contributed by atoms with van der Waals surface area (Å²) < 4.78 is 0. The van der Waals surface area contributed by atoms with Gasteiger partial charge in [-0.15, -0.1) is 0 Å². The standard InChI is InChI=1S/C6H13N3O.C2H6/c1-5-4-8-2-3-9(5)6(7)10;1-2/h5,8H,2-4H2,1H3,(H2,7,10);1-2H3. The van der Waals surface area contributed by atoms with E-state index in [0.29, 0.717) is 0 Å². The van der Waals surface area contributed by atoms with Crippen molar-refractivity contribution in [3.8, 4) is 0 Å². The molecule has 0 radical (unpaired) electrons. The zero-order valence-corrected chi connectivity index (χ0v) is 8.13. The number of carbonyl (C=O) groups excluding carboxylic acids is 1. The molecule has 2 amide bonds. The van der Waals surface area contributed by atoms with E-state index in [-0.39, 0.29) is 12.1 Å². The van der Waals surface area contributed by atoms with Crippen LogP contribution in [0.5, 0.6) is 0 Å². The second kappa shape index (κ2) is 5.83. The summed E-state index contributed by atoms with van der Waals surface area (Å²) in [7, 11) is 0. The summed E-state index contributed by atoms with van der Waals surface area (Å²) in [4.78, 5) is 12.4. The molecule has 3 N–H and O–H groups in total. The Hall–Kier alpha value is -0.770. The lowest BCUT2D eigenvalue weighted by molar-refractivity contribution is 0.173. The smallest absolute Gasteiger partial charge is 0.315 e. The van der Waals surface area contributed by atoms with E-state index < -0.39 is 0 Å². The predicted molar refractivity (Wildman–Crippen MR) is 50.0 cm³/mol. The van der Waals surface area contributed by atoms with Gasteiger partial charge in [-0.05, 0) is 6.92 Å². The van der Waals surface area contributed by atoms with Gasteiger partial charge in [-0.2, -0.15) is 0 Å². The van der Waals surface area contributed by atoms with Crippen LogP contribution < -0.4 is 11.1 Å². The largest absolute Gasteiger partial charge is 0.351 e. The van der Waals surface area contributed by atoms with Crippen molar-refractivity contribution in [2.45, 2.75) is 26.8 Å². The van der Waals surface area contributed by atoms with Crippen LogP contribution in [0.2, 0.25) is 0 Å². The summed E-state index contributed by atoms with van der Waals surface area (Å²) in [5.74, 6) is 0. The lowest BCUT2D eigenvalue weighted by Gasteiger charge is -2.32. The third-order valence-electron chi connectivity index (χ3n) is 1.78. The van der Waals surface area contributed by atoms with Gasteiger partial charge in [-0.3, -0.25) is 0 Å². The van der Waals surface area contributed by atoms with Gasteiger partial charge in [0, 0.05) is 25.7 Å². The van der Waals surface area contributed by atoms with Crippen LogP contribution in [-0.2, 0) is 0 Å². The molecule has 0 aliphatic carbocycles. The second-order valence-corrected chi connectivity index (χ2v) is 2.58. The molecule has 1 fully saturated rings. The quantitative estimate of drug-likeness (QED) is 0.556. The minimum Gasteiger partial charge on any atom is -0.351 e. The SMILES string of the molecule is CC.CC1CNCCN1C(N)=O. The molecule has 4 heteroatoms. The molecule has 0 aromatic heterocycles. The summed E-state index contributed by atoms with van der Waals surface area (Å²) in [5, 5.41) is 3.17. The molecule has 4 nitrogen and oxygen atoms in total. The van der Waals surface area contributed by atoms with Gasteiger partial charge >= 0.3 is 6.03 Å². The maximum Gasteiger partial charge on any atom is 0.315 e. The Morgan fingerprint density at radius 3 is 2.50 bits per heavy atom. The highest BCUT2D eigenvalue weighted by Crippen LogP contribution is 2.00. The molecule has 1 unspecified atom stereocenters. The molecule has 1 aliphatic rings. The van der Waals surface area contributed by atoms with E-state index in [1.165, 1.54) is 0 Å². The van der Waals surface area contributed by atoms with Crippen molar-refractivity contribution >= 4 is 6.03 Å². The van der Waals surface area contributed by atoms with Gasteiger partial charge in [0.1, 0.15) is 0 Å². The summed E-state index contributed by atoms with van der Waals surface area (Å²) in [6, 6.07) is -0.0692. The molecule has 1 saturated heterocycles. The molecule has 72 valence electrons. The molecular weight excluding hydrogens is 154 g/mol. The minimum absolute atomic E-state index is 0.242. The van der Waals surface area contributed by atoms with Gasteiger partial charge < -0.3 is 16.0 Å². The average Bonchev–Trinajstić information content (AvgIpc) is 2.08. The highest BCUT2D eigenvalue weighted by molar-refractivity contribution is 5.72. The normalized spacial score (nSPS) is 22.6. The van der Waals surface area contributed by atoms with Gasteiger partial charge in [-0.1, -0.05) is 13.8 Å². The fourth-order valence-corrected chi connectivity index (χ4v) is 1.17. The topological polar surface area (TPSA) is 58.4 Å². The first-order valence-electron chi connectivity index (χ1n) is 4.48. The van der Waals surface area contributed by atoms with Crippen molar-refractivity contribution < 1.29 is 4.79 Å². The molecule has 0 spiro atoms. The highest BCUT2D eigenvalue weighted by atomic mass is 16.2. The molecule has 0 aromatic rings. The fourth-order valence-electron chi connectivity index (χ4n) is 1.17. The average molecular weight is 173 g/mol. The van der Waals surface area contributed by atoms with Crippen molar-refractivity contribution in [2.75, 3.05) is 19.6 Å². The van der Waals surface area contributed by atoms with Crippen molar-refractivity contribution in [3.05, 3.63) is 0 Å². The number of urea groups is 1. The molecule has 1 aliphatic heterocycles. The van der Waals surface area contributed by atoms with Crippen LogP contribution in [0.25, 0.3) is 0 Å². The van der Waals surface area contributed by atoms with E-state index in [9.17, 15) is 4.79 Å². The van der Waals surface area contributed by atoms with Crippen LogP contribution in [0.4, 0.5) is 4.79 Å². The first-order valence-corrected chi connectivity index (χ1v) is 4.48. The maximum absolute atomic E-state index is 10.7. The van der Waals surface area contributed by atoms with Crippen molar-refractivity contribution in [1.82, 2.24) is 10.2 Å². The number of rotatable bonds is 0. The zero-order valence-electron chi connectivity index (χ0n) is 8.13. The van der Waals surface area contributed by atoms with Crippen molar-refractivity contribution in [2.24, 2.45) is 5.73 Å². The van der Waals surface area contributed by atoms with Crippen LogP contribution in [0.3, 0.4) is 0 Å². The van der Waals surface area contributed by atoms with Gasteiger partial charge in [0.25, 0.3) is 0 Å². The van der Waals surface area contributed by atoms with Gasteiger partial charge in [0.15, 0.2) is 0 Å². The Bertz CT molecular complexity index is 138. The minimum atomic E-state index is -0.311. The molecule has 12 heavy (non-hydrogen) atoms. The van der Waals surface area contributed by atoms with Crippen LogP contribution >= 0.6 is 0 Å². The van der Waals surface area contributed by atoms with E-state index in [4.69, 9.17) is 5.73 Å². The Balaban J connectivity index is 0.000000561. The van der Waals surface area contributed by atoms with Crippen LogP contribution in [0, 0.1) is 0 Å².